The van der Waals surface area contributed by atoms with Gasteiger partial charge < -0.3 is 9.64 Å². The molecule has 34 heavy (non-hydrogen) atoms. The molecule has 5 rings (SSSR count). The van der Waals surface area contributed by atoms with Crippen LogP contribution in [-0.4, -0.2) is 25.6 Å². The van der Waals surface area contributed by atoms with Gasteiger partial charge in [-0.2, -0.15) is 10.4 Å². The minimum Gasteiger partial charge on any atom is -0.435 e. The van der Waals surface area contributed by atoms with Gasteiger partial charge in [-0.3, -0.25) is 9.48 Å². The van der Waals surface area contributed by atoms with Crippen molar-refractivity contribution in [2.45, 2.75) is 19.5 Å². The van der Waals surface area contributed by atoms with E-state index >= 15 is 0 Å². The maximum atomic E-state index is 14.3. The first-order valence-electron chi connectivity index (χ1n) is 10.7. The third-order valence-corrected chi connectivity index (χ3v) is 5.72. The van der Waals surface area contributed by atoms with E-state index in [1.165, 1.54) is 18.2 Å². The summed E-state index contributed by atoms with van der Waals surface area (Å²) in [4.78, 5) is 19.1. The molecule has 0 unspecified atom stereocenters. The molecule has 2 aromatic heterocycles. The molecule has 1 amide bonds. The number of rotatable bonds is 6. The molecule has 0 spiro atoms. The van der Waals surface area contributed by atoms with Crippen LogP contribution in [0.1, 0.15) is 27.0 Å². The molecule has 0 N–H and O–H groups in total. The lowest BCUT2D eigenvalue weighted by atomic mass is 10.1. The zero-order valence-corrected chi connectivity index (χ0v) is 18.4. The quantitative estimate of drug-likeness (QED) is 0.425. The number of fused-ring (bicyclic) bond motifs is 1. The molecule has 8 heteroatoms. The lowest BCUT2D eigenvalue weighted by molar-refractivity contribution is 0.0764. The number of halogens is 1. The molecule has 7 nitrogen and oxygen atoms in total. The topological polar surface area (TPSA) is 84.0 Å². The van der Waals surface area contributed by atoms with Gasteiger partial charge in [-0.25, -0.2) is 9.37 Å². The molecular formula is C26H20FN5O2. The van der Waals surface area contributed by atoms with Crippen LogP contribution in [0, 0.1) is 17.1 Å². The van der Waals surface area contributed by atoms with Gasteiger partial charge in [0, 0.05) is 38.1 Å². The molecule has 1 aliphatic heterocycles. The Morgan fingerprint density at radius 2 is 1.91 bits per heavy atom. The zero-order chi connectivity index (χ0) is 23.7. The summed E-state index contributed by atoms with van der Waals surface area (Å²) < 4.78 is 21.8. The van der Waals surface area contributed by atoms with Gasteiger partial charge >= 0.3 is 0 Å². The summed E-state index contributed by atoms with van der Waals surface area (Å²) in [7, 11) is 1.87. The van der Waals surface area contributed by atoms with E-state index in [2.05, 4.69) is 10.1 Å². The van der Waals surface area contributed by atoms with E-state index in [4.69, 9.17) is 10.00 Å². The van der Waals surface area contributed by atoms with Crippen LogP contribution in [0.25, 0.3) is 11.1 Å². The molecule has 0 saturated heterocycles. The predicted octanol–water partition coefficient (Wildman–Crippen LogP) is 4.64. The summed E-state index contributed by atoms with van der Waals surface area (Å²) in [6.07, 6.45) is 5.43. The van der Waals surface area contributed by atoms with Gasteiger partial charge in [-0.1, -0.05) is 30.3 Å². The van der Waals surface area contributed by atoms with E-state index in [1.54, 1.807) is 21.8 Å². The van der Waals surface area contributed by atoms with Crippen molar-refractivity contribution in [2.24, 2.45) is 7.05 Å². The number of aromatic nitrogens is 3. The SMILES string of the molecule is Cn1cc(-c2ccc(CN3Cc4ccnc(Oc5cc(CC#N)ccc5F)c4C3=O)cc2)cn1. The molecule has 1 aliphatic rings. The van der Waals surface area contributed by atoms with Crippen molar-refractivity contribution in [2.75, 3.05) is 0 Å². The Morgan fingerprint density at radius 1 is 1.12 bits per heavy atom. The monoisotopic (exact) mass is 453 g/mol. The summed E-state index contributed by atoms with van der Waals surface area (Å²) in [6.45, 7) is 0.834. The van der Waals surface area contributed by atoms with Gasteiger partial charge in [-0.15, -0.1) is 0 Å². The van der Waals surface area contributed by atoms with Crippen molar-refractivity contribution in [1.29, 1.82) is 5.26 Å². The van der Waals surface area contributed by atoms with Crippen molar-refractivity contribution in [3.05, 3.63) is 95.2 Å². The van der Waals surface area contributed by atoms with Crippen molar-refractivity contribution < 1.29 is 13.9 Å². The second-order valence-corrected chi connectivity index (χ2v) is 8.11. The molecule has 3 heterocycles. The van der Waals surface area contributed by atoms with Crippen LogP contribution in [0.2, 0.25) is 0 Å². The minimum atomic E-state index is -0.586. The number of hydrogen-bond acceptors (Lipinski definition) is 5. The number of benzene rings is 2. The predicted molar refractivity (Wildman–Crippen MR) is 122 cm³/mol. The van der Waals surface area contributed by atoms with Crippen LogP contribution in [0.5, 0.6) is 11.6 Å². The number of ether oxygens (including phenoxy) is 1. The summed E-state index contributed by atoms with van der Waals surface area (Å²) in [6, 6.07) is 16.0. The number of nitriles is 1. The number of carbonyl (C=O) groups is 1. The Hall–Kier alpha value is -4.51. The third kappa shape index (κ3) is 4.11. The number of pyridine rings is 1. The van der Waals surface area contributed by atoms with Crippen LogP contribution >= 0.6 is 0 Å². The first-order chi connectivity index (χ1) is 16.5. The number of aryl methyl sites for hydroxylation is 1. The second kappa shape index (κ2) is 8.79. The third-order valence-electron chi connectivity index (χ3n) is 5.72. The maximum absolute atomic E-state index is 14.3. The molecule has 0 saturated carbocycles. The number of carbonyl (C=O) groups excluding carboxylic acids is 1. The molecular weight excluding hydrogens is 433 g/mol. The maximum Gasteiger partial charge on any atom is 0.260 e. The van der Waals surface area contributed by atoms with E-state index in [1.807, 2.05) is 49.8 Å². The number of nitrogens with zero attached hydrogens (tertiary/aromatic N) is 5. The van der Waals surface area contributed by atoms with Crippen molar-refractivity contribution >= 4 is 5.91 Å². The summed E-state index contributed by atoms with van der Waals surface area (Å²) in [5.74, 6) is -0.809. The molecule has 2 aromatic carbocycles. The average Bonchev–Trinajstić information content (AvgIpc) is 3.40. The Labute approximate surface area is 195 Å². The van der Waals surface area contributed by atoms with E-state index in [-0.39, 0.29) is 24.0 Å². The molecule has 0 radical (unpaired) electrons. The highest BCUT2D eigenvalue weighted by molar-refractivity contribution is 6.00. The summed E-state index contributed by atoms with van der Waals surface area (Å²) in [5, 5.41) is 13.1. The Balaban J connectivity index is 1.35. The van der Waals surface area contributed by atoms with Crippen molar-refractivity contribution in [1.82, 2.24) is 19.7 Å². The van der Waals surface area contributed by atoms with E-state index in [0.717, 1.165) is 22.3 Å². The normalized spacial score (nSPS) is 12.5. The van der Waals surface area contributed by atoms with Gasteiger partial charge in [0.25, 0.3) is 5.91 Å². The lowest BCUT2D eigenvalue weighted by Crippen LogP contribution is -2.23. The van der Waals surface area contributed by atoms with Gasteiger partial charge in [0.1, 0.15) is 5.56 Å². The number of amides is 1. The fourth-order valence-corrected chi connectivity index (χ4v) is 4.01. The van der Waals surface area contributed by atoms with Crippen molar-refractivity contribution in [3.63, 3.8) is 0 Å². The van der Waals surface area contributed by atoms with Crippen LogP contribution in [-0.2, 0) is 26.6 Å². The molecule has 0 atom stereocenters. The van der Waals surface area contributed by atoms with Gasteiger partial charge in [0.15, 0.2) is 11.6 Å². The molecule has 4 aromatic rings. The van der Waals surface area contributed by atoms with E-state index < -0.39 is 5.82 Å². The highest BCUT2D eigenvalue weighted by Gasteiger charge is 2.32. The first kappa shape index (κ1) is 21.3. The second-order valence-electron chi connectivity index (χ2n) is 8.11. The van der Waals surface area contributed by atoms with Gasteiger partial charge in [0.05, 0.1) is 18.7 Å². The fourth-order valence-electron chi connectivity index (χ4n) is 4.01. The standard InChI is InChI=1S/C26H20FN5O2/c1-31-15-21(13-30-31)19-5-2-18(3-6-19)14-32-16-20-9-11-29-25(24(20)26(32)33)34-23-12-17(8-10-28)4-7-22(23)27/h2-7,9,11-13,15H,8,14,16H2,1H3. The summed E-state index contributed by atoms with van der Waals surface area (Å²) >= 11 is 0. The molecule has 168 valence electrons. The van der Waals surface area contributed by atoms with Crippen LogP contribution in [0.15, 0.2) is 67.1 Å². The highest BCUT2D eigenvalue weighted by Crippen LogP contribution is 2.34. The largest absolute Gasteiger partial charge is 0.435 e. The minimum absolute atomic E-state index is 0.0601. The Morgan fingerprint density at radius 3 is 2.65 bits per heavy atom. The van der Waals surface area contributed by atoms with Crippen LogP contribution in [0.3, 0.4) is 0 Å². The fraction of sp³-hybridized carbons (Fsp3) is 0.154. The van der Waals surface area contributed by atoms with Crippen LogP contribution in [0.4, 0.5) is 4.39 Å². The Kier molecular flexibility index (Phi) is 5.52. The van der Waals surface area contributed by atoms with Crippen LogP contribution < -0.4 is 4.74 Å². The smallest absolute Gasteiger partial charge is 0.260 e. The molecule has 0 aliphatic carbocycles. The van der Waals surface area contributed by atoms with Crippen molar-refractivity contribution in [3.8, 4) is 28.8 Å². The van der Waals surface area contributed by atoms with Gasteiger partial charge in [-0.05, 0) is 40.5 Å². The first-order valence-corrected chi connectivity index (χ1v) is 10.7. The lowest BCUT2D eigenvalue weighted by Gasteiger charge is -2.16. The molecule has 0 fully saturated rings. The van der Waals surface area contributed by atoms with Gasteiger partial charge in [0.2, 0.25) is 5.88 Å². The zero-order valence-electron chi connectivity index (χ0n) is 18.4. The molecule has 0 bridgehead atoms. The van der Waals surface area contributed by atoms with E-state index in [9.17, 15) is 9.18 Å². The average molecular weight is 453 g/mol. The highest BCUT2D eigenvalue weighted by atomic mass is 19.1. The summed E-state index contributed by atoms with van der Waals surface area (Å²) in [5.41, 5.74) is 4.79. The van der Waals surface area contributed by atoms with E-state index in [0.29, 0.717) is 24.2 Å². The Bertz CT molecular complexity index is 1420. The number of hydrogen-bond donors (Lipinski definition) is 0.